The van der Waals surface area contributed by atoms with Crippen molar-refractivity contribution in [3.8, 4) is 0 Å². The fourth-order valence-corrected chi connectivity index (χ4v) is 4.80. The third kappa shape index (κ3) is 3.15. The number of benzene rings is 1. The molecule has 0 radical (unpaired) electrons. The Kier molecular flexibility index (Phi) is 4.56. The van der Waals surface area contributed by atoms with Crippen LogP contribution in [0.3, 0.4) is 0 Å². The first kappa shape index (κ1) is 20.1. The normalized spacial score (nSPS) is 20.5. The van der Waals surface area contributed by atoms with E-state index >= 15 is 4.39 Å². The molecule has 1 amide bonds. The summed E-state index contributed by atoms with van der Waals surface area (Å²) in [7, 11) is 0. The molecule has 2 aliphatic heterocycles. The van der Waals surface area contributed by atoms with Gasteiger partial charge in [0.1, 0.15) is 17.3 Å². The number of nitrogens with zero attached hydrogens (tertiary/aromatic N) is 4. The molecule has 5 heterocycles. The summed E-state index contributed by atoms with van der Waals surface area (Å²) in [5.41, 5.74) is 9.56. The van der Waals surface area contributed by atoms with Crippen LogP contribution in [0.4, 0.5) is 10.2 Å². The Bertz CT molecular complexity index is 1390. The summed E-state index contributed by atoms with van der Waals surface area (Å²) < 4.78 is 28.4. The molecule has 0 bridgehead atoms. The summed E-state index contributed by atoms with van der Waals surface area (Å²) >= 11 is 0. The number of halogens is 1. The van der Waals surface area contributed by atoms with Gasteiger partial charge in [-0.25, -0.2) is 14.4 Å². The Morgan fingerprint density at radius 3 is 2.85 bits per heavy atom. The molecule has 1 saturated heterocycles. The van der Waals surface area contributed by atoms with Crippen molar-refractivity contribution < 1.29 is 18.7 Å². The third-order valence-electron chi connectivity index (χ3n) is 6.45. The van der Waals surface area contributed by atoms with Crippen LogP contribution in [0.1, 0.15) is 40.1 Å². The molecule has 4 aromatic rings. The molecule has 2 atom stereocenters. The van der Waals surface area contributed by atoms with Gasteiger partial charge in [-0.2, -0.15) is 0 Å². The van der Waals surface area contributed by atoms with Crippen molar-refractivity contribution in [2.24, 2.45) is 0 Å². The van der Waals surface area contributed by atoms with E-state index in [0.29, 0.717) is 42.2 Å². The molecule has 8 nitrogen and oxygen atoms in total. The second-order valence-corrected chi connectivity index (χ2v) is 8.54. The first-order chi connectivity index (χ1) is 16.0. The van der Waals surface area contributed by atoms with Crippen molar-refractivity contribution >= 4 is 28.3 Å². The Morgan fingerprint density at radius 1 is 1.15 bits per heavy atom. The van der Waals surface area contributed by atoms with Crippen molar-refractivity contribution in [2.75, 3.05) is 18.9 Å². The number of carbonyl (C=O) groups excluding carboxylic acids is 1. The minimum absolute atomic E-state index is 0.00862. The van der Waals surface area contributed by atoms with Gasteiger partial charge in [0.2, 0.25) is 0 Å². The number of nitrogens with two attached hydrogens (primary N) is 1. The molecule has 9 heteroatoms. The van der Waals surface area contributed by atoms with Gasteiger partial charge in [-0.1, -0.05) is 6.07 Å². The van der Waals surface area contributed by atoms with Crippen molar-refractivity contribution in [1.82, 2.24) is 19.3 Å². The molecule has 168 valence electrons. The molecule has 1 aromatic carbocycles. The van der Waals surface area contributed by atoms with E-state index in [1.54, 1.807) is 11.0 Å². The van der Waals surface area contributed by atoms with Crippen LogP contribution >= 0.6 is 0 Å². The number of fused-ring (bicyclic) bond motifs is 4. The zero-order valence-electron chi connectivity index (χ0n) is 18.0. The first-order valence-electron chi connectivity index (χ1n) is 10.8. The molecule has 2 aliphatic rings. The molecule has 3 aromatic heterocycles. The monoisotopic (exact) mass is 447 g/mol. The zero-order valence-corrected chi connectivity index (χ0v) is 18.0. The standard InChI is InChI=1S/C24H22FN5O3/c1-13-9-32-12-21(20-8-29-5-3-2-4-22(29)27-20)30(13)24(31)15-6-14-16-10-33-11-17(16)23(26)28-19(14)7-18(15)25/h2-8,13,21H,9-12H2,1H3,(H2,26,28). The number of anilines is 1. The topological polar surface area (TPSA) is 95.0 Å². The number of nitrogen functional groups attached to an aromatic ring is 1. The van der Waals surface area contributed by atoms with Crippen LogP contribution in [0.2, 0.25) is 0 Å². The van der Waals surface area contributed by atoms with E-state index in [9.17, 15) is 4.79 Å². The number of hydrogen-bond acceptors (Lipinski definition) is 6. The molecule has 0 aliphatic carbocycles. The lowest BCUT2D eigenvalue weighted by molar-refractivity contribution is -0.0328. The fourth-order valence-electron chi connectivity index (χ4n) is 4.80. The van der Waals surface area contributed by atoms with E-state index in [0.717, 1.165) is 16.8 Å². The van der Waals surface area contributed by atoms with Crippen molar-refractivity contribution in [1.29, 1.82) is 0 Å². The van der Waals surface area contributed by atoms with Gasteiger partial charge in [-0.3, -0.25) is 4.79 Å². The van der Waals surface area contributed by atoms with Gasteiger partial charge in [-0.15, -0.1) is 0 Å². The quantitative estimate of drug-likeness (QED) is 0.507. The van der Waals surface area contributed by atoms with Crippen LogP contribution in [0, 0.1) is 5.82 Å². The van der Waals surface area contributed by atoms with E-state index in [4.69, 9.17) is 15.2 Å². The number of carbonyl (C=O) groups is 1. The highest BCUT2D eigenvalue weighted by molar-refractivity contribution is 6.00. The van der Waals surface area contributed by atoms with E-state index < -0.39 is 17.8 Å². The van der Waals surface area contributed by atoms with Crippen molar-refractivity contribution in [2.45, 2.75) is 32.2 Å². The molecular formula is C24H22FN5O3. The smallest absolute Gasteiger partial charge is 0.257 e. The number of rotatable bonds is 2. The van der Waals surface area contributed by atoms with Gasteiger partial charge in [0.15, 0.2) is 0 Å². The van der Waals surface area contributed by atoms with E-state index in [2.05, 4.69) is 9.97 Å². The molecule has 0 saturated carbocycles. The Labute approximate surface area is 188 Å². The van der Waals surface area contributed by atoms with E-state index in [1.165, 1.54) is 6.07 Å². The zero-order chi connectivity index (χ0) is 22.7. The summed E-state index contributed by atoms with van der Waals surface area (Å²) in [6, 6.07) is 7.88. The lowest BCUT2D eigenvalue weighted by atomic mass is 10.00. The largest absolute Gasteiger partial charge is 0.383 e. The van der Waals surface area contributed by atoms with Crippen molar-refractivity contribution in [3.63, 3.8) is 0 Å². The number of aromatic nitrogens is 3. The molecule has 1 fully saturated rings. The second kappa shape index (κ2) is 7.50. The highest BCUT2D eigenvalue weighted by Crippen LogP contribution is 2.34. The second-order valence-electron chi connectivity index (χ2n) is 8.54. The van der Waals surface area contributed by atoms with Gasteiger partial charge in [0.25, 0.3) is 5.91 Å². The SMILES string of the molecule is CC1COCC(c2cn3ccccc3n2)N1C(=O)c1cc2c3c(c(N)nc2cc1F)COC3. The lowest BCUT2D eigenvalue weighted by Gasteiger charge is -2.39. The van der Waals surface area contributed by atoms with Crippen LogP contribution in [-0.4, -0.2) is 44.4 Å². The molecule has 2 unspecified atom stereocenters. The molecule has 2 N–H and O–H groups in total. The number of pyridine rings is 2. The molecule has 6 rings (SSSR count). The van der Waals surface area contributed by atoms with E-state index in [1.807, 2.05) is 41.9 Å². The number of hydrogen-bond donors (Lipinski definition) is 1. The summed E-state index contributed by atoms with van der Waals surface area (Å²) in [6.45, 7) is 3.27. The van der Waals surface area contributed by atoms with Crippen LogP contribution in [0.5, 0.6) is 0 Å². The fraction of sp³-hybridized carbons (Fsp3) is 0.292. The number of ether oxygens (including phenoxy) is 2. The summed E-state index contributed by atoms with van der Waals surface area (Å²) in [5.74, 6) is -0.704. The van der Waals surface area contributed by atoms with Gasteiger partial charge in [0, 0.05) is 29.4 Å². The summed E-state index contributed by atoms with van der Waals surface area (Å²) in [5, 5.41) is 0.687. The Morgan fingerprint density at radius 2 is 2.00 bits per heavy atom. The minimum atomic E-state index is -0.634. The van der Waals surface area contributed by atoms with Crippen LogP contribution in [-0.2, 0) is 22.7 Å². The maximum atomic E-state index is 15.2. The predicted octanol–water partition coefficient (Wildman–Crippen LogP) is 3.24. The lowest BCUT2D eigenvalue weighted by Crippen LogP contribution is -2.49. The molecular weight excluding hydrogens is 425 g/mol. The average Bonchev–Trinajstić information content (AvgIpc) is 3.46. The maximum absolute atomic E-state index is 15.2. The number of amides is 1. The highest BCUT2D eigenvalue weighted by Gasteiger charge is 2.37. The van der Waals surface area contributed by atoms with Crippen LogP contribution in [0.25, 0.3) is 16.6 Å². The van der Waals surface area contributed by atoms with Gasteiger partial charge < -0.3 is 24.5 Å². The number of imidazole rings is 1. The average molecular weight is 447 g/mol. The van der Waals surface area contributed by atoms with Gasteiger partial charge in [0.05, 0.1) is 55.3 Å². The highest BCUT2D eigenvalue weighted by atomic mass is 19.1. The Hall–Kier alpha value is -3.56. The van der Waals surface area contributed by atoms with Crippen molar-refractivity contribution in [3.05, 3.63) is 70.9 Å². The molecule has 0 spiro atoms. The first-order valence-corrected chi connectivity index (χ1v) is 10.8. The summed E-state index contributed by atoms with van der Waals surface area (Å²) in [4.78, 5) is 24.4. The van der Waals surface area contributed by atoms with E-state index in [-0.39, 0.29) is 18.2 Å². The number of morpholine rings is 1. The minimum Gasteiger partial charge on any atom is -0.383 e. The predicted molar refractivity (Wildman–Crippen MR) is 119 cm³/mol. The van der Waals surface area contributed by atoms with Gasteiger partial charge >= 0.3 is 0 Å². The Balaban J connectivity index is 1.45. The summed E-state index contributed by atoms with van der Waals surface area (Å²) in [6.07, 6.45) is 3.78. The molecule has 33 heavy (non-hydrogen) atoms. The maximum Gasteiger partial charge on any atom is 0.257 e. The third-order valence-corrected chi connectivity index (χ3v) is 6.45. The van der Waals surface area contributed by atoms with Gasteiger partial charge in [-0.05, 0) is 30.7 Å². The van der Waals surface area contributed by atoms with Crippen LogP contribution < -0.4 is 5.73 Å². The van der Waals surface area contributed by atoms with Crippen LogP contribution in [0.15, 0.2) is 42.7 Å².